The van der Waals surface area contributed by atoms with Crippen molar-refractivity contribution in [1.29, 1.82) is 5.26 Å². The van der Waals surface area contributed by atoms with Crippen molar-refractivity contribution in [3.05, 3.63) is 41.7 Å². The number of ether oxygens (including phenoxy) is 2. The number of unbranched alkanes of at least 4 members (excludes halogenated alkanes) is 2. The van der Waals surface area contributed by atoms with E-state index in [0.29, 0.717) is 48.9 Å². The highest BCUT2D eigenvalue weighted by molar-refractivity contribution is 5.74. The van der Waals surface area contributed by atoms with Crippen LogP contribution in [0.15, 0.2) is 30.6 Å². The van der Waals surface area contributed by atoms with Crippen molar-refractivity contribution in [2.45, 2.75) is 90.3 Å². The number of alkyl halides is 1. The van der Waals surface area contributed by atoms with Crippen LogP contribution < -0.4 is 4.74 Å². The van der Waals surface area contributed by atoms with Crippen molar-refractivity contribution in [3.63, 3.8) is 0 Å². The Bertz CT molecular complexity index is 982. The fraction of sp³-hybridized carbons (Fsp3) is 0.571. The van der Waals surface area contributed by atoms with Gasteiger partial charge in [-0.25, -0.2) is 19.2 Å². The molecule has 7 heteroatoms. The number of nitrogens with zero attached hydrogens (tertiary/aromatic N) is 3. The lowest BCUT2D eigenvalue weighted by molar-refractivity contribution is -0.157. The maximum atomic E-state index is 13.9. The van der Waals surface area contributed by atoms with Crippen LogP contribution in [0.2, 0.25) is 0 Å². The van der Waals surface area contributed by atoms with E-state index in [1.165, 1.54) is 0 Å². The molecule has 1 fully saturated rings. The lowest BCUT2D eigenvalue weighted by Gasteiger charge is -2.28. The Kier molecular flexibility index (Phi) is 10.5. The van der Waals surface area contributed by atoms with Crippen LogP contribution in [0.4, 0.5) is 4.39 Å². The molecule has 0 unspecified atom stereocenters. The minimum atomic E-state index is -1.52. The number of benzene rings is 1. The van der Waals surface area contributed by atoms with Crippen molar-refractivity contribution in [2.24, 2.45) is 5.92 Å². The normalized spacial score (nSPS) is 18.5. The highest BCUT2D eigenvalue weighted by Crippen LogP contribution is 2.29. The summed E-state index contributed by atoms with van der Waals surface area (Å²) in [5, 5.41) is 9.64. The molecule has 2 aromatic rings. The van der Waals surface area contributed by atoms with Gasteiger partial charge in [-0.1, -0.05) is 33.1 Å². The third kappa shape index (κ3) is 8.02. The molecule has 0 saturated heterocycles. The quantitative estimate of drug-likeness (QED) is 0.328. The van der Waals surface area contributed by atoms with E-state index in [0.717, 1.165) is 49.7 Å². The molecule has 3 rings (SSSR count). The Morgan fingerprint density at radius 2 is 1.86 bits per heavy atom. The summed E-state index contributed by atoms with van der Waals surface area (Å²) < 4.78 is 25.2. The van der Waals surface area contributed by atoms with E-state index in [1.54, 1.807) is 12.1 Å². The summed E-state index contributed by atoms with van der Waals surface area (Å²) in [4.78, 5) is 20.8. The molecule has 1 atom stereocenters. The van der Waals surface area contributed by atoms with Gasteiger partial charge in [0.15, 0.2) is 12.0 Å². The van der Waals surface area contributed by atoms with E-state index in [1.807, 2.05) is 25.4 Å². The molecular weight excluding hydrogens is 445 g/mol. The standard InChI is InChI=1S/C28H36FN3O3/c1-3-5-7-21-17-31-27(32-18-21)22-11-14-26(23(15-22)16-30)34-19-20-9-12-24(13-10-20)35-28(33)25(29)8-6-4-2/h11,14-15,17-18,20,24-25H,3-10,12-13,19H2,1-2H3/t20?,24?,25-/m0/s1. The maximum absolute atomic E-state index is 13.9. The van der Waals surface area contributed by atoms with Gasteiger partial charge >= 0.3 is 5.97 Å². The molecule has 1 aromatic heterocycles. The summed E-state index contributed by atoms with van der Waals surface area (Å²) >= 11 is 0. The van der Waals surface area contributed by atoms with Crippen LogP contribution in [-0.4, -0.2) is 34.8 Å². The predicted octanol–water partition coefficient (Wildman–Crippen LogP) is 6.37. The van der Waals surface area contributed by atoms with Crippen molar-refractivity contribution in [3.8, 4) is 23.2 Å². The number of rotatable bonds is 12. The van der Waals surface area contributed by atoms with E-state index in [4.69, 9.17) is 9.47 Å². The van der Waals surface area contributed by atoms with Gasteiger partial charge in [-0.15, -0.1) is 0 Å². The van der Waals surface area contributed by atoms with E-state index < -0.39 is 12.1 Å². The number of carbonyl (C=O) groups is 1. The second-order valence-corrected chi connectivity index (χ2v) is 9.34. The number of nitriles is 1. The van der Waals surface area contributed by atoms with E-state index >= 15 is 0 Å². The van der Waals surface area contributed by atoms with Gasteiger partial charge in [0.1, 0.15) is 17.9 Å². The number of halogens is 1. The number of hydrogen-bond donors (Lipinski definition) is 0. The Morgan fingerprint density at radius 1 is 1.14 bits per heavy atom. The van der Waals surface area contributed by atoms with Crippen LogP contribution >= 0.6 is 0 Å². The Labute approximate surface area is 207 Å². The number of esters is 1. The van der Waals surface area contributed by atoms with E-state index in [-0.39, 0.29) is 12.5 Å². The second-order valence-electron chi connectivity index (χ2n) is 9.34. The van der Waals surface area contributed by atoms with Crippen molar-refractivity contribution < 1.29 is 18.7 Å². The fourth-order valence-electron chi connectivity index (χ4n) is 4.26. The Morgan fingerprint density at radius 3 is 2.51 bits per heavy atom. The lowest BCUT2D eigenvalue weighted by Crippen LogP contribution is -2.30. The first-order valence-corrected chi connectivity index (χ1v) is 12.9. The monoisotopic (exact) mass is 481 g/mol. The highest BCUT2D eigenvalue weighted by Gasteiger charge is 2.27. The molecule has 1 aliphatic carbocycles. The molecule has 188 valence electrons. The fourth-order valence-corrected chi connectivity index (χ4v) is 4.26. The average Bonchev–Trinajstić information content (AvgIpc) is 2.90. The number of carbonyl (C=O) groups excluding carboxylic acids is 1. The van der Waals surface area contributed by atoms with E-state index in [2.05, 4.69) is 23.0 Å². The largest absolute Gasteiger partial charge is 0.492 e. The van der Waals surface area contributed by atoms with Crippen LogP contribution in [0.25, 0.3) is 11.4 Å². The predicted molar refractivity (Wildman–Crippen MR) is 133 cm³/mol. The SMILES string of the molecule is CCCCc1cnc(-c2ccc(OCC3CCC(OC(=O)[C@@H](F)CCCC)CC3)c(C#N)c2)nc1. The summed E-state index contributed by atoms with van der Waals surface area (Å²) in [6.45, 7) is 4.61. The lowest BCUT2D eigenvalue weighted by atomic mass is 9.88. The Hall–Kier alpha value is -3.01. The maximum Gasteiger partial charge on any atom is 0.340 e. The smallest absolute Gasteiger partial charge is 0.340 e. The summed E-state index contributed by atoms with van der Waals surface area (Å²) in [6.07, 6.45) is 10.0. The third-order valence-corrected chi connectivity index (χ3v) is 6.50. The van der Waals surface area contributed by atoms with Crippen molar-refractivity contribution >= 4 is 5.97 Å². The van der Waals surface area contributed by atoms with Crippen LogP contribution in [0, 0.1) is 17.2 Å². The molecule has 0 spiro atoms. The minimum absolute atomic E-state index is 0.221. The molecule has 1 saturated carbocycles. The molecule has 1 aliphatic rings. The average molecular weight is 482 g/mol. The summed E-state index contributed by atoms with van der Waals surface area (Å²) in [7, 11) is 0. The topological polar surface area (TPSA) is 85.1 Å². The van der Waals surface area contributed by atoms with Crippen LogP contribution in [0.1, 0.15) is 82.8 Å². The number of aromatic nitrogens is 2. The van der Waals surface area contributed by atoms with Crippen LogP contribution in [0.3, 0.4) is 0 Å². The molecule has 35 heavy (non-hydrogen) atoms. The molecule has 0 N–H and O–H groups in total. The molecule has 1 heterocycles. The van der Waals surface area contributed by atoms with Crippen molar-refractivity contribution in [1.82, 2.24) is 9.97 Å². The van der Waals surface area contributed by atoms with Gasteiger partial charge in [0, 0.05) is 18.0 Å². The van der Waals surface area contributed by atoms with Crippen LogP contribution in [-0.2, 0) is 16.0 Å². The highest BCUT2D eigenvalue weighted by atomic mass is 19.1. The molecule has 1 aromatic carbocycles. The van der Waals surface area contributed by atoms with E-state index in [9.17, 15) is 14.4 Å². The molecule has 0 radical (unpaired) electrons. The first kappa shape index (κ1) is 26.6. The van der Waals surface area contributed by atoms with Crippen LogP contribution in [0.5, 0.6) is 5.75 Å². The zero-order valence-corrected chi connectivity index (χ0v) is 20.8. The second kappa shape index (κ2) is 13.8. The van der Waals surface area contributed by atoms with Gasteiger partial charge in [0.2, 0.25) is 0 Å². The van der Waals surface area contributed by atoms with Gasteiger partial charge in [-0.2, -0.15) is 5.26 Å². The molecule has 0 amide bonds. The number of aryl methyl sites for hydroxylation is 1. The zero-order valence-electron chi connectivity index (χ0n) is 20.8. The minimum Gasteiger partial charge on any atom is -0.492 e. The number of hydrogen-bond acceptors (Lipinski definition) is 6. The first-order valence-electron chi connectivity index (χ1n) is 12.9. The van der Waals surface area contributed by atoms with Gasteiger partial charge in [0.05, 0.1) is 12.2 Å². The molecule has 6 nitrogen and oxygen atoms in total. The first-order chi connectivity index (χ1) is 17.0. The van der Waals surface area contributed by atoms with Gasteiger partial charge in [0.25, 0.3) is 0 Å². The molecule has 0 bridgehead atoms. The van der Waals surface area contributed by atoms with Gasteiger partial charge in [-0.05, 0) is 74.6 Å². The summed E-state index contributed by atoms with van der Waals surface area (Å²) in [6, 6.07) is 7.65. The molecular formula is C28H36FN3O3. The summed E-state index contributed by atoms with van der Waals surface area (Å²) in [5.74, 6) is 0.708. The van der Waals surface area contributed by atoms with Gasteiger partial charge < -0.3 is 9.47 Å². The van der Waals surface area contributed by atoms with Gasteiger partial charge in [-0.3, -0.25) is 0 Å². The van der Waals surface area contributed by atoms with Crippen molar-refractivity contribution in [2.75, 3.05) is 6.61 Å². The Balaban J connectivity index is 1.49. The third-order valence-electron chi connectivity index (χ3n) is 6.50. The summed E-state index contributed by atoms with van der Waals surface area (Å²) in [5.41, 5.74) is 2.34. The molecule has 0 aliphatic heterocycles. The zero-order chi connectivity index (χ0) is 25.0.